The van der Waals surface area contributed by atoms with Crippen LogP contribution in [-0.2, 0) is 4.74 Å². The van der Waals surface area contributed by atoms with Gasteiger partial charge in [-0.05, 0) is 61.8 Å². The molecule has 1 amide bonds. The Morgan fingerprint density at radius 2 is 1.88 bits per heavy atom. The predicted molar refractivity (Wildman–Crippen MR) is 109 cm³/mol. The topological polar surface area (TPSA) is 38.8 Å². The molecule has 4 nitrogen and oxygen atoms in total. The van der Waals surface area contributed by atoms with E-state index in [1.165, 1.54) is 19.3 Å². The molecule has 0 N–H and O–H groups in total. The number of hydrogen-bond acceptors (Lipinski definition) is 3. The second-order valence-corrected chi connectivity index (χ2v) is 8.21. The summed E-state index contributed by atoms with van der Waals surface area (Å²) in [6, 6.07) is 6.85. The van der Waals surface area contributed by atoms with Gasteiger partial charge in [0.1, 0.15) is 5.75 Å². The van der Waals surface area contributed by atoms with E-state index >= 15 is 0 Å². The highest BCUT2D eigenvalue weighted by molar-refractivity contribution is 9.09. The SMILES string of the molecule is CN(C[C@@H]1CCCC[C@H]1COCCCCBr)C(=O)Oc1ccc(Cl)cc1. The highest BCUT2D eigenvalue weighted by Crippen LogP contribution is 2.31. The van der Waals surface area contributed by atoms with Gasteiger partial charge in [-0.15, -0.1) is 0 Å². The third-order valence-corrected chi connectivity index (χ3v) is 5.72. The third kappa shape index (κ3) is 7.45. The van der Waals surface area contributed by atoms with Crippen LogP contribution in [0.15, 0.2) is 24.3 Å². The number of rotatable bonds is 9. The number of halogens is 2. The summed E-state index contributed by atoms with van der Waals surface area (Å²) in [7, 11) is 1.81. The summed E-state index contributed by atoms with van der Waals surface area (Å²) in [5.41, 5.74) is 0. The molecule has 1 aromatic carbocycles. The molecule has 0 bridgehead atoms. The normalized spacial score (nSPS) is 20.0. The van der Waals surface area contributed by atoms with Crippen molar-refractivity contribution >= 4 is 33.6 Å². The van der Waals surface area contributed by atoms with E-state index in [1.807, 2.05) is 0 Å². The first-order chi connectivity index (χ1) is 12.6. The molecule has 26 heavy (non-hydrogen) atoms. The van der Waals surface area contributed by atoms with Gasteiger partial charge in [-0.2, -0.15) is 0 Å². The van der Waals surface area contributed by atoms with Crippen LogP contribution in [-0.4, -0.2) is 43.1 Å². The van der Waals surface area contributed by atoms with E-state index in [4.69, 9.17) is 21.1 Å². The minimum atomic E-state index is -0.324. The fourth-order valence-electron chi connectivity index (χ4n) is 3.39. The highest BCUT2D eigenvalue weighted by Gasteiger charge is 2.28. The first kappa shape index (κ1) is 21.5. The van der Waals surface area contributed by atoms with E-state index in [2.05, 4.69) is 15.9 Å². The molecule has 1 fully saturated rings. The van der Waals surface area contributed by atoms with Crippen LogP contribution in [0, 0.1) is 11.8 Å². The van der Waals surface area contributed by atoms with Crippen LogP contribution in [0.1, 0.15) is 38.5 Å². The summed E-state index contributed by atoms with van der Waals surface area (Å²) in [4.78, 5) is 14.0. The van der Waals surface area contributed by atoms with Gasteiger partial charge >= 0.3 is 6.09 Å². The molecular formula is C20H29BrClNO3. The molecule has 0 unspecified atom stereocenters. The number of carbonyl (C=O) groups is 1. The first-order valence-electron chi connectivity index (χ1n) is 9.42. The highest BCUT2D eigenvalue weighted by atomic mass is 79.9. The van der Waals surface area contributed by atoms with E-state index < -0.39 is 0 Å². The maximum Gasteiger partial charge on any atom is 0.414 e. The molecule has 0 saturated heterocycles. The molecule has 0 aliphatic heterocycles. The minimum absolute atomic E-state index is 0.324. The van der Waals surface area contributed by atoms with Crippen molar-refractivity contribution in [3.63, 3.8) is 0 Å². The molecule has 0 spiro atoms. The lowest BCUT2D eigenvalue weighted by Gasteiger charge is -2.34. The van der Waals surface area contributed by atoms with Gasteiger partial charge < -0.3 is 14.4 Å². The standard InChI is InChI=1S/C20H29BrClNO3/c1-23(20(24)26-19-10-8-18(22)9-11-19)14-16-6-2-3-7-17(16)15-25-13-5-4-12-21/h8-11,16-17H,2-7,12-15H2,1H3/t16-,17-/m0/s1. The van der Waals surface area contributed by atoms with E-state index in [9.17, 15) is 4.79 Å². The van der Waals surface area contributed by atoms with Crippen molar-refractivity contribution in [2.75, 3.05) is 32.1 Å². The van der Waals surface area contributed by atoms with Crippen LogP contribution in [0.5, 0.6) is 5.75 Å². The van der Waals surface area contributed by atoms with Crippen molar-refractivity contribution in [3.05, 3.63) is 29.3 Å². The van der Waals surface area contributed by atoms with E-state index in [1.54, 1.807) is 36.2 Å². The molecular weight excluding hydrogens is 418 g/mol. The quantitative estimate of drug-likeness (QED) is 0.357. The second-order valence-electron chi connectivity index (χ2n) is 6.98. The summed E-state index contributed by atoms with van der Waals surface area (Å²) >= 11 is 9.30. The maximum atomic E-state index is 12.3. The van der Waals surface area contributed by atoms with Gasteiger partial charge in [0.25, 0.3) is 0 Å². The van der Waals surface area contributed by atoms with Crippen LogP contribution in [0.3, 0.4) is 0 Å². The molecule has 1 aromatic rings. The van der Waals surface area contributed by atoms with Gasteiger partial charge in [0.15, 0.2) is 0 Å². The summed E-state index contributed by atoms with van der Waals surface area (Å²) in [6.45, 7) is 2.33. The molecule has 1 saturated carbocycles. The van der Waals surface area contributed by atoms with E-state index in [0.29, 0.717) is 29.2 Å². The van der Waals surface area contributed by atoms with E-state index in [0.717, 1.165) is 37.8 Å². The zero-order chi connectivity index (χ0) is 18.8. The number of hydrogen-bond donors (Lipinski definition) is 0. The lowest BCUT2D eigenvalue weighted by Crippen LogP contribution is -2.38. The predicted octanol–water partition coefficient (Wildman–Crippen LogP) is 5.77. The van der Waals surface area contributed by atoms with Crippen molar-refractivity contribution in [2.45, 2.75) is 38.5 Å². The van der Waals surface area contributed by atoms with Crippen molar-refractivity contribution < 1.29 is 14.3 Å². The van der Waals surface area contributed by atoms with Gasteiger partial charge in [0.2, 0.25) is 0 Å². The molecule has 1 aliphatic rings. The Kier molecular flexibility index (Phi) is 9.79. The molecule has 2 rings (SSSR count). The molecule has 0 aromatic heterocycles. The van der Waals surface area contributed by atoms with Gasteiger partial charge in [-0.25, -0.2) is 4.79 Å². The second kappa shape index (κ2) is 11.8. The summed E-state index contributed by atoms with van der Waals surface area (Å²) in [5, 5.41) is 1.66. The smallest absolute Gasteiger partial charge is 0.410 e. The molecule has 0 heterocycles. The lowest BCUT2D eigenvalue weighted by molar-refractivity contribution is 0.0481. The van der Waals surface area contributed by atoms with Crippen LogP contribution in [0.2, 0.25) is 5.02 Å². The van der Waals surface area contributed by atoms with Gasteiger partial charge in [-0.3, -0.25) is 0 Å². The van der Waals surface area contributed by atoms with Crippen molar-refractivity contribution in [1.29, 1.82) is 0 Å². The summed E-state index contributed by atoms with van der Waals surface area (Å²) in [6.07, 6.45) is 6.73. The monoisotopic (exact) mass is 445 g/mol. The Morgan fingerprint density at radius 3 is 2.58 bits per heavy atom. The fourth-order valence-corrected chi connectivity index (χ4v) is 3.91. The number of amides is 1. The molecule has 6 heteroatoms. The largest absolute Gasteiger partial charge is 0.414 e. The van der Waals surface area contributed by atoms with Crippen LogP contribution >= 0.6 is 27.5 Å². The Bertz CT molecular complexity index is 540. The third-order valence-electron chi connectivity index (χ3n) is 4.91. The van der Waals surface area contributed by atoms with Crippen molar-refractivity contribution in [2.24, 2.45) is 11.8 Å². The number of alkyl halides is 1. The maximum absolute atomic E-state index is 12.3. The summed E-state index contributed by atoms with van der Waals surface area (Å²) in [5.74, 6) is 1.52. The number of unbranched alkanes of at least 4 members (excludes halogenated alkanes) is 1. The first-order valence-corrected chi connectivity index (χ1v) is 10.9. The Balaban J connectivity index is 1.79. The minimum Gasteiger partial charge on any atom is -0.410 e. The number of carbonyl (C=O) groups excluding carboxylic acids is 1. The molecule has 1 aliphatic carbocycles. The van der Waals surface area contributed by atoms with Crippen LogP contribution in [0.4, 0.5) is 4.79 Å². The zero-order valence-corrected chi connectivity index (χ0v) is 17.8. The molecule has 0 radical (unpaired) electrons. The molecule has 2 atom stereocenters. The fraction of sp³-hybridized carbons (Fsp3) is 0.650. The average molecular weight is 447 g/mol. The van der Waals surface area contributed by atoms with Gasteiger partial charge in [0, 0.05) is 37.2 Å². The van der Waals surface area contributed by atoms with Crippen molar-refractivity contribution in [1.82, 2.24) is 4.90 Å². The Labute approximate surface area is 170 Å². The van der Waals surface area contributed by atoms with Gasteiger partial charge in [-0.1, -0.05) is 40.4 Å². The zero-order valence-electron chi connectivity index (χ0n) is 15.5. The lowest BCUT2D eigenvalue weighted by atomic mass is 9.79. The number of benzene rings is 1. The average Bonchev–Trinajstić information content (AvgIpc) is 2.64. The van der Waals surface area contributed by atoms with Crippen molar-refractivity contribution in [3.8, 4) is 5.75 Å². The van der Waals surface area contributed by atoms with Crippen LogP contribution in [0.25, 0.3) is 0 Å². The van der Waals surface area contributed by atoms with Gasteiger partial charge in [0.05, 0.1) is 0 Å². The Morgan fingerprint density at radius 1 is 1.19 bits per heavy atom. The Hall–Kier alpha value is -0.780. The number of nitrogens with zero attached hydrogens (tertiary/aromatic N) is 1. The van der Waals surface area contributed by atoms with E-state index in [-0.39, 0.29) is 6.09 Å². The van der Waals surface area contributed by atoms with Crippen LogP contribution < -0.4 is 4.74 Å². The molecule has 146 valence electrons. The summed E-state index contributed by atoms with van der Waals surface area (Å²) < 4.78 is 11.3. The number of ether oxygens (including phenoxy) is 2.